The Balaban J connectivity index is 3.07. The van der Waals surface area contributed by atoms with Crippen LogP contribution in [-0.4, -0.2) is 0 Å². The smallest absolute Gasteiger partial charge is 0.0107 e. The molecular formula is C15H26. The van der Waals surface area contributed by atoms with E-state index in [1.807, 2.05) is 0 Å². The molecule has 0 aromatic carbocycles. The first-order valence-electron chi connectivity index (χ1n) is 6.30. The normalized spacial score (nSPS) is 18.5. The Labute approximate surface area is 95.5 Å². The van der Waals surface area contributed by atoms with E-state index in [4.69, 9.17) is 0 Å². The van der Waals surface area contributed by atoms with Crippen molar-refractivity contribution < 1.29 is 0 Å². The minimum atomic E-state index is 0.352. The molecule has 0 aromatic heterocycles. The predicted molar refractivity (Wildman–Crippen MR) is 68.9 cm³/mol. The fourth-order valence-electron chi connectivity index (χ4n) is 2.58. The van der Waals surface area contributed by atoms with Gasteiger partial charge in [0.25, 0.3) is 0 Å². The molecule has 0 radical (unpaired) electrons. The summed E-state index contributed by atoms with van der Waals surface area (Å²) < 4.78 is 0. The van der Waals surface area contributed by atoms with Gasteiger partial charge in [0.15, 0.2) is 0 Å². The van der Waals surface area contributed by atoms with E-state index in [1.165, 1.54) is 19.3 Å². The van der Waals surface area contributed by atoms with Gasteiger partial charge in [0.2, 0.25) is 0 Å². The van der Waals surface area contributed by atoms with Gasteiger partial charge in [-0.05, 0) is 48.7 Å². The van der Waals surface area contributed by atoms with Crippen molar-refractivity contribution >= 4 is 0 Å². The van der Waals surface area contributed by atoms with Gasteiger partial charge < -0.3 is 0 Å². The van der Waals surface area contributed by atoms with Crippen LogP contribution in [0.15, 0.2) is 22.8 Å². The molecule has 1 aliphatic carbocycles. The first-order chi connectivity index (χ1) is 6.90. The highest BCUT2D eigenvalue weighted by molar-refractivity contribution is 5.41. The van der Waals surface area contributed by atoms with Gasteiger partial charge in [0, 0.05) is 0 Å². The monoisotopic (exact) mass is 206 g/mol. The number of hydrogen-bond acceptors (Lipinski definition) is 0. The lowest BCUT2D eigenvalue weighted by Gasteiger charge is -2.32. The maximum atomic E-state index is 2.46. The van der Waals surface area contributed by atoms with Crippen molar-refractivity contribution in [3.05, 3.63) is 22.8 Å². The molecule has 86 valence electrons. The third kappa shape index (κ3) is 2.53. The highest BCUT2D eigenvalue weighted by atomic mass is 14.3. The molecule has 1 aliphatic rings. The Morgan fingerprint density at radius 1 is 1.33 bits per heavy atom. The van der Waals surface area contributed by atoms with Gasteiger partial charge in [-0.3, -0.25) is 0 Å². The minimum absolute atomic E-state index is 0.352. The molecular weight excluding hydrogens is 180 g/mol. The van der Waals surface area contributed by atoms with Crippen molar-refractivity contribution in [2.45, 2.75) is 60.8 Å². The number of hydrogen-bond donors (Lipinski definition) is 0. The third-order valence-corrected chi connectivity index (χ3v) is 3.96. The summed E-state index contributed by atoms with van der Waals surface area (Å²) in [5.74, 6) is 0.710. The molecule has 0 spiro atoms. The average molecular weight is 206 g/mol. The van der Waals surface area contributed by atoms with Gasteiger partial charge in [-0.15, -0.1) is 0 Å². The lowest BCUT2D eigenvalue weighted by Crippen LogP contribution is -2.18. The first-order valence-corrected chi connectivity index (χ1v) is 6.30. The van der Waals surface area contributed by atoms with E-state index in [1.54, 1.807) is 16.7 Å². The molecule has 0 aromatic rings. The zero-order valence-corrected chi connectivity index (χ0v) is 11.3. The molecule has 0 atom stereocenters. The van der Waals surface area contributed by atoms with E-state index in [9.17, 15) is 0 Å². The van der Waals surface area contributed by atoms with Crippen LogP contribution in [0.4, 0.5) is 0 Å². The Hall–Kier alpha value is -0.520. The lowest BCUT2D eigenvalue weighted by molar-refractivity contribution is 0.428. The topological polar surface area (TPSA) is 0 Å². The van der Waals surface area contributed by atoms with Gasteiger partial charge in [-0.2, -0.15) is 0 Å². The zero-order chi connectivity index (χ0) is 11.6. The van der Waals surface area contributed by atoms with Crippen LogP contribution in [-0.2, 0) is 0 Å². The molecule has 0 heteroatoms. The van der Waals surface area contributed by atoms with Gasteiger partial charge >= 0.3 is 0 Å². The van der Waals surface area contributed by atoms with Crippen molar-refractivity contribution in [1.29, 1.82) is 0 Å². The maximum Gasteiger partial charge on any atom is -0.0107 e. The largest absolute Gasteiger partial charge is 0.0802 e. The standard InChI is InChI=1S/C15H26/c1-7-15(5,6)14-10-8-9-13(11(2)3)12(14)4/h10-11H,7-9H2,1-6H3. The van der Waals surface area contributed by atoms with Gasteiger partial charge in [0.05, 0.1) is 0 Å². The molecule has 15 heavy (non-hydrogen) atoms. The summed E-state index contributed by atoms with van der Waals surface area (Å²) in [7, 11) is 0. The van der Waals surface area contributed by atoms with Crippen molar-refractivity contribution in [1.82, 2.24) is 0 Å². The summed E-state index contributed by atoms with van der Waals surface area (Å²) >= 11 is 0. The Bertz CT molecular complexity index is 287. The SMILES string of the molecule is CCC(C)(C)C1=CCCC(C(C)C)=C1C. The highest BCUT2D eigenvalue weighted by Gasteiger charge is 2.26. The molecule has 0 unspecified atom stereocenters. The molecule has 0 saturated carbocycles. The predicted octanol–water partition coefficient (Wildman–Crippen LogP) is 5.12. The molecule has 0 nitrogen and oxygen atoms in total. The van der Waals surface area contributed by atoms with E-state index >= 15 is 0 Å². The first kappa shape index (κ1) is 12.5. The quantitative estimate of drug-likeness (QED) is 0.601. The minimum Gasteiger partial charge on any atom is -0.0802 e. The molecule has 0 saturated heterocycles. The number of rotatable bonds is 3. The maximum absolute atomic E-state index is 2.46. The summed E-state index contributed by atoms with van der Waals surface area (Å²) in [6, 6.07) is 0. The summed E-state index contributed by atoms with van der Waals surface area (Å²) in [4.78, 5) is 0. The average Bonchev–Trinajstić information content (AvgIpc) is 2.17. The molecule has 0 bridgehead atoms. The van der Waals surface area contributed by atoms with Crippen LogP contribution in [0.2, 0.25) is 0 Å². The van der Waals surface area contributed by atoms with Crippen LogP contribution in [0.1, 0.15) is 60.8 Å². The van der Waals surface area contributed by atoms with Crippen LogP contribution < -0.4 is 0 Å². The van der Waals surface area contributed by atoms with E-state index < -0.39 is 0 Å². The Morgan fingerprint density at radius 3 is 2.40 bits per heavy atom. The van der Waals surface area contributed by atoms with Gasteiger partial charge in [0.1, 0.15) is 0 Å². The van der Waals surface area contributed by atoms with Crippen LogP contribution in [0.5, 0.6) is 0 Å². The van der Waals surface area contributed by atoms with Crippen LogP contribution >= 0.6 is 0 Å². The second-order valence-electron chi connectivity index (χ2n) is 5.70. The molecule has 0 aliphatic heterocycles. The van der Waals surface area contributed by atoms with E-state index in [-0.39, 0.29) is 0 Å². The Kier molecular flexibility index (Phi) is 3.81. The van der Waals surface area contributed by atoms with Gasteiger partial charge in [-0.1, -0.05) is 46.3 Å². The van der Waals surface area contributed by atoms with Crippen LogP contribution in [0.25, 0.3) is 0 Å². The molecule has 0 heterocycles. The summed E-state index contributed by atoms with van der Waals surface area (Å²) in [5.41, 5.74) is 5.20. The van der Waals surface area contributed by atoms with E-state index in [0.717, 1.165) is 0 Å². The molecule has 1 rings (SSSR count). The molecule has 0 N–H and O–H groups in total. The van der Waals surface area contributed by atoms with Crippen LogP contribution in [0, 0.1) is 11.3 Å². The lowest BCUT2D eigenvalue weighted by atomic mass is 9.73. The van der Waals surface area contributed by atoms with Crippen LogP contribution in [0.3, 0.4) is 0 Å². The van der Waals surface area contributed by atoms with Crippen molar-refractivity contribution in [2.75, 3.05) is 0 Å². The Morgan fingerprint density at radius 2 is 1.93 bits per heavy atom. The van der Waals surface area contributed by atoms with E-state index in [0.29, 0.717) is 11.3 Å². The second-order valence-corrected chi connectivity index (χ2v) is 5.70. The second kappa shape index (κ2) is 4.55. The number of allylic oxidation sites excluding steroid dienone is 4. The van der Waals surface area contributed by atoms with Crippen molar-refractivity contribution in [3.63, 3.8) is 0 Å². The summed E-state index contributed by atoms with van der Waals surface area (Å²) in [6.07, 6.45) is 6.20. The van der Waals surface area contributed by atoms with Crippen molar-refractivity contribution in [3.8, 4) is 0 Å². The molecule has 0 amide bonds. The molecule has 0 fully saturated rings. The third-order valence-electron chi connectivity index (χ3n) is 3.96. The zero-order valence-electron chi connectivity index (χ0n) is 11.3. The highest BCUT2D eigenvalue weighted by Crippen LogP contribution is 2.41. The summed E-state index contributed by atoms with van der Waals surface area (Å²) in [6.45, 7) is 14.0. The van der Waals surface area contributed by atoms with E-state index in [2.05, 4.69) is 47.6 Å². The fourth-order valence-corrected chi connectivity index (χ4v) is 2.58. The summed E-state index contributed by atoms with van der Waals surface area (Å²) in [5, 5.41) is 0. The van der Waals surface area contributed by atoms with Gasteiger partial charge in [-0.25, -0.2) is 0 Å². The fraction of sp³-hybridized carbons (Fsp3) is 0.733. The van der Waals surface area contributed by atoms with Crippen molar-refractivity contribution in [2.24, 2.45) is 11.3 Å².